The molecule has 3 atom stereocenters. The second kappa shape index (κ2) is 13.5. The summed E-state index contributed by atoms with van der Waals surface area (Å²) in [5.41, 5.74) is 3.07. The topological polar surface area (TPSA) is 179 Å². The number of nitrogens with two attached hydrogens (primary N) is 1. The number of carboxylic acids is 1. The Balaban J connectivity index is 3.44. The van der Waals surface area contributed by atoms with Crippen molar-refractivity contribution in [2.75, 3.05) is 6.54 Å². The molecule has 0 aliphatic carbocycles. The lowest BCUT2D eigenvalue weighted by Gasteiger charge is -2.36. The van der Waals surface area contributed by atoms with E-state index in [0.717, 1.165) is 4.31 Å². The number of aliphatic hydroxyl groups excluding tert-OH is 1. The molecule has 6 N–H and O–H groups in total. The van der Waals surface area contributed by atoms with E-state index in [0.29, 0.717) is 12.0 Å². The molecule has 0 aliphatic heterocycles. The number of hydrogen-bond acceptors (Lipinski definition) is 6. The summed E-state index contributed by atoms with van der Waals surface area (Å²) in [6.45, 7) is 10.8. The molecular weight excluding hydrogens is 512 g/mol. The van der Waals surface area contributed by atoms with Crippen LogP contribution in [0, 0.1) is 17.3 Å². The fraction of sp³-hybridized carbons (Fsp3) is 0.654. The van der Waals surface area contributed by atoms with E-state index in [1.165, 1.54) is 34.6 Å². The van der Waals surface area contributed by atoms with Gasteiger partial charge < -0.3 is 21.3 Å². The van der Waals surface area contributed by atoms with Crippen LogP contribution in [0.1, 0.15) is 79.4 Å². The molecule has 1 rings (SSSR count). The first-order chi connectivity index (χ1) is 17.3. The zero-order valence-corrected chi connectivity index (χ0v) is 24.2. The number of rotatable bonds is 16. The van der Waals surface area contributed by atoms with Crippen molar-refractivity contribution >= 4 is 28.0 Å². The lowest BCUT2D eigenvalue weighted by atomic mass is 9.78. The SMILES string of the molecule is CC(C)CCN(C(CCC(O)c1ccccc1)NC(=O)[C@H](C)C(C)(C)C(N)=O)S(=O)(=O)NC(C)(C)C(=O)O. The number of nitrogens with zero attached hydrogens (tertiary/aromatic N) is 1. The van der Waals surface area contributed by atoms with E-state index >= 15 is 0 Å². The minimum absolute atomic E-state index is 0.0119. The Kier molecular flexibility index (Phi) is 11.9. The molecule has 0 spiro atoms. The predicted molar refractivity (Wildman–Crippen MR) is 145 cm³/mol. The van der Waals surface area contributed by atoms with Crippen LogP contribution >= 0.6 is 0 Å². The molecule has 2 unspecified atom stereocenters. The summed E-state index contributed by atoms with van der Waals surface area (Å²) in [6, 6.07) is 8.81. The number of benzene rings is 1. The normalized spacial score (nSPS) is 15.2. The number of primary amides is 1. The van der Waals surface area contributed by atoms with E-state index in [2.05, 4.69) is 10.0 Å². The molecule has 11 nitrogen and oxygen atoms in total. The predicted octanol–water partition coefficient (Wildman–Crippen LogP) is 2.14. The number of hydrogen-bond donors (Lipinski definition) is 5. The van der Waals surface area contributed by atoms with Crippen LogP contribution in [0.2, 0.25) is 0 Å². The molecule has 0 saturated carbocycles. The fourth-order valence-corrected chi connectivity index (χ4v) is 5.22. The molecule has 38 heavy (non-hydrogen) atoms. The second-order valence-corrected chi connectivity index (χ2v) is 12.8. The van der Waals surface area contributed by atoms with E-state index in [1.54, 1.807) is 30.3 Å². The quantitative estimate of drug-likeness (QED) is 0.193. The van der Waals surface area contributed by atoms with Gasteiger partial charge in [-0.2, -0.15) is 17.4 Å². The molecule has 0 aliphatic rings. The molecule has 0 radical (unpaired) electrons. The van der Waals surface area contributed by atoms with Gasteiger partial charge in [-0.3, -0.25) is 14.4 Å². The van der Waals surface area contributed by atoms with Gasteiger partial charge in [0.2, 0.25) is 11.8 Å². The van der Waals surface area contributed by atoms with Gasteiger partial charge in [0, 0.05) is 12.5 Å². The Hall–Kier alpha value is -2.54. The maximum Gasteiger partial charge on any atom is 0.324 e. The zero-order valence-electron chi connectivity index (χ0n) is 23.4. The molecule has 0 bridgehead atoms. The van der Waals surface area contributed by atoms with Crippen molar-refractivity contribution in [3.8, 4) is 0 Å². The number of amides is 2. The van der Waals surface area contributed by atoms with E-state index in [4.69, 9.17) is 5.73 Å². The largest absolute Gasteiger partial charge is 0.480 e. The molecule has 216 valence electrons. The maximum absolute atomic E-state index is 13.5. The summed E-state index contributed by atoms with van der Waals surface area (Å²) in [6.07, 6.45) is -1.55. The number of aliphatic carboxylic acids is 1. The Labute approximate surface area is 226 Å². The Morgan fingerprint density at radius 2 is 1.55 bits per heavy atom. The van der Waals surface area contributed by atoms with Crippen molar-refractivity contribution < 1.29 is 33.0 Å². The summed E-state index contributed by atoms with van der Waals surface area (Å²) < 4.78 is 30.3. The third-order valence-corrected chi connectivity index (χ3v) is 8.64. The van der Waals surface area contributed by atoms with Crippen molar-refractivity contribution in [1.29, 1.82) is 0 Å². The van der Waals surface area contributed by atoms with Crippen molar-refractivity contribution in [1.82, 2.24) is 14.3 Å². The van der Waals surface area contributed by atoms with E-state index in [9.17, 15) is 33.0 Å². The van der Waals surface area contributed by atoms with Crippen LogP contribution in [-0.2, 0) is 24.6 Å². The van der Waals surface area contributed by atoms with Crippen molar-refractivity contribution in [2.24, 2.45) is 23.0 Å². The zero-order chi connectivity index (χ0) is 29.5. The Morgan fingerprint density at radius 3 is 2.03 bits per heavy atom. The minimum atomic E-state index is -4.44. The van der Waals surface area contributed by atoms with E-state index in [-0.39, 0.29) is 25.3 Å². The van der Waals surface area contributed by atoms with Crippen LogP contribution < -0.4 is 15.8 Å². The standard InChI is InChI=1S/C26H44N4O7S/c1-17(2)15-16-30(38(36,37)29-26(6,7)24(34)35)21(14-13-20(31)19-11-9-8-10-12-19)28-22(32)18(3)25(4,5)23(27)33/h8-12,17-18,20-21,29,31H,13-16H2,1-7H3,(H2,27,33)(H,28,32)(H,34,35)/t18-,20?,21?/m0/s1. The first-order valence-electron chi connectivity index (χ1n) is 12.7. The van der Waals surface area contributed by atoms with Gasteiger partial charge in [0.05, 0.1) is 17.7 Å². The van der Waals surface area contributed by atoms with Gasteiger partial charge in [-0.25, -0.2) is 0 Å². The highest BCUT2D eigenvalue weighted by Gasteiger charge is 2.41. The summed E-state index contributed by atoms with van der Waals surface area (Å²) >= 11 is 0. The van der Waals surface area contributed by atoms with Gasteiger partial charge in [0.25, 0.3) is 10.2 Å². The van der Waals surface area contributed by atoms with Gasteiger partial charge in [-0.15, -0.1) is 0 Å². The fourth-order valence-electron chi connectivity index (χ4n) is 3.53. The lowest BCUT2D eigenvalue weighted by Crippen LogP contribution is -2.60. The molecule has 0 aromatic heterocycles. The lowest BCUT2D eigenvalue weighted by molar-refractivity contribution is -0.142. The highest BCUT2D eigenvalue weighted by molar-refractivity contribution is 7.87. The van der Waals surface area contributed by atoms with Crippen LogP contribution in [-0.4, -0.2) is 59.0 Å². The number of carbonyl (C=O) groups is 3. The van der Waals surface area contributed by atoms with E-state index < -0.39 is 57.1 Å². The number of carboxylic acid groups (broad SMARTS) is 1. The molecular formula is C26H44N4O7S. The van der Waals surface area contributed by atoms with Crippen LogP contribution in [0.3, 0.4) is 0 Å². The summed E-state index contributed by atoms with van der Waals surface area (Å²) in [4.78, 5) is 36.9. The van der Waals surface area contributed by atoms with Crippen molar-refractivity contribution in [3.05, 3.63) is 35.9 Å². The molecule has 0 saturated heterocycles. The first kappa shape index (κ1) is 33.5. The van der Waals surface area contributed by atoms with Gasteiger partial charge in [-0.05, 0) is 44.6 Å². The molecule has 0 heterocycles. The van der Waals surface area contributed by atoms with Crippen LogP contribution in [0.5, 0.6) is 0 Å². The Bertz CT molecular complexity index is 1060. The second-order valence-electron chi connectivity index (χ2n) is 11.2. The van der Waals surface area contributed by atoms with Gasteiger partial charge in [-0.1, -0.05) is 65.0 Å². The monoisotopic (exact) mass is 556 g/mol. The van der Waals surface area contributed by atoms with Gasteiger partial charge in [0.15, 0.2) is 0 Å². The number of aliphatic hydroxyl groups is 1. The van der Waals surface area contributed by atoms with Crippen LogP contribution in [0.15, 0.2) is 30.3 Å². The minimum Gasteiger partial charge on any atom is -0.480 e. The molecule has 1 aromatic carbocycles. The maximum atomic E-state index is 13.5. The highest BCUT2D eigenvalue weighted by Crippen LogP contribution is 2.28. The van der Waals surface area contributed by atoms with Crippen molar-refractivity contribution in [3.63, 3.8) is 0 Å². The summed E-state index contributed by atoms with van der Waals surface area (Å²) in [5.74, 6) is -3.47. The third-order valence-electron chi connectivity index (χ3n) is 6.82. The smallest absolute Gasteiger partial charge is 0.324 e. The van der Waals surface area contributed by atoms with Crippen molar-refractivity contribution in [2.45, 2.75) is 85.5 Å². The summed E-state index contributed by atoms with van der Waals surface area (Å²) in [7, 11) is -4.44. The molecule has 2 amide bonds. The Morgan fingerprint density at radius 1 is 1.00 bits per heavy atom. The first-order valence-corrected chi connectivity index (χ1v) is 14.1. The molecule has 0 fully saturated rings. The molecule has 12 heteroatoms. The third kappa shape index (κ3) is 9.33. The van der Waals surface area contributed by atoms with Gasteiger partial charge >= 0.3 is 5.97 Å². The highest BCUT2D eigenvalue weighted by atomic mass is 32.2. The number of carbonyl (C=O) groups excluding carboxylic acids is 2. The van der Waals surface area contributed by atoms with Gasteiger partial charge in [0.1, 0.15) is 5.54 Å². The van der Waals surface area contributed by atoms with E-state index in [1.807, 2.05) is 13.8 Å². The van der Waals surface area contributed by atoms with Crippen LogP contribution in [0.4, 0.5) is 0 Å². The average molecular weight is 557 g/mol. The van der Waals surface area contributed by atoms with Crippen LogP contribution in [0.25, 0.3) is 0 Å². The summed E-state index contributed by atoms with van der Waals surface area (Å²) in [5, 5.41) is 23.0. The molecule has 1 aromatic rings. The number of nitrogens with one attached hydrogen (secondary N) is 2. The average Bonchev–Trinajstić information content (AvgIpc) is 2.80.